The van der Waals surface area contributed by atoms with Gasteiger partial charge in [-0.25, -0.2) is 0 Å². The Morgan fingerprint density at radius 1 is 1.53 bits per heavy atom. The third-order valence-corrected chi connectivity index (χ3v) is 3.20. The zero-order chi connectivity index (χ0) is 12.4. The normalized spacial score (nSPS) is 17.9. The van der Waals surface area contributed by atoms with Crippen molar-refractivity contribution >= 4 is 5.97 Å². The van der Waals surface area contributed by atoms with Gasteiger partial charge in [0.2, 0.25) is 0 Å². The molecule has 0 bridgehead atoms. The van der Waals surface area contributed by atoms with Gasteiger partial charge < -0.3 is 15.6 Å². The van der Waals surface area contributed by atoms with Crippen molar-refractivity contribution in [2.24, 2.45) is 5.73 Å². The maximum absolute atomic E-state index is 10.6. The molecule has 3 N–H and O–H groups in total. The Labute approximate surface area is 100 Å². The maximum Gasteiger partial charge on any atom is 0.303 e. The molecule has 0 saturated carbocycles. The second-order valence-corrected chi connectivity index (χ2v) is 4.46. The van der Waals surface area contributed by atoms with Crippen molar-refractivity contribution in [1.82, 2.24) is 0 Å². The van der Waals surface area contributed by atoms with E-state index in [4.69, 9.17) is 15.6 Å². The van der Waals surface area contributed by atoms with Gasteiger partial charge in [-0.1, -0.05) is 12.1 Å². The van der Waals surface area contributed by atoms with Crippen LogP contribution >= 0.6 is 0 Å². The summed E-state index contributed by atoms with van der Waals surface area (Å²) in [5.74, 6) is 0.0425. The standard InChI is InChI=1S/C13H17NO3/c1-17-13-8(4-5-12(15)16)2-3-9-6-10(14)7-11(9)13/h2-3,10H,4-7,14H2,1H3,(H,15,16). The zero-order valence-corrected chi connectivity index (χ0v) is 9.90. The lowest BCUT2D eigenvalue weighted by Crippen LogP contribution is -2.19. The summed E-state index contributed by atoms with van der Waals surface area (Å²) in [7, 11) is 1.63. The predicted octanol–water partition coefficient (Wildman–Crippen LogP) is 1.14. The number of fused-ring (bicyclic) bond motifs is 1. The first-order valence-corrected chi connectivity index (χ1v) is 5.76. The fourth-order valence-corrected chi connectivity index (χ4v) is 2.44. The highest BCUT2D eigenvalue weighted by atomic mass is 16.5. The molecule has 2 rings (SSSR count). The summed E-state index contributed by atoms with van der Waals surface area (Å²) >= 11 is 0. The molecule has 4 heteroatoms. The molecule has 1 aliphatic carbocycles. The van der Waals surface area contributed by atoms with Gasteiger partial charge >= 0.3 is 5.97 Å². The largest absolute Gasteiger partial charge is 0.496 e. The first kappa shape index (κ1) is 11.9. The molecule has 4 nitrogen and oxygen atoms in total. The molecule has 0 amide bonds. The quantitative estimate of drug-likeness (QED) is 0.820. The molecule has 1 aliphatic rings. The summed E-state index contributed by atoms with van der Waals surface area (Å²) in [6, 6.07) is 4.16. The average Bonchev–Trinajstić information content (AvgIpc) is 2.65. The Morgan fingerprint density at radius 2 is 2.29 bits per heavy atom. The van der Waals surface area contributed by atoms with E-state index < -0.39 is 5.97 Å². The third-order valence-electron chi connectivity index (χ3n) is 3.20. The first-order chi connectivity index (χ1) is 8.11. The zero-order valence-electron chi connectivity index (χ0n) is 9.90. The van der Waals surface area contributed by atoms with E-state index in [1.54, 1.807) is 7.11 Å². The van der Waals surface area contributed by atoms with Gasteiger partial charge in [0, 0.05) is 12.5 Å². The molecule has 0 aromatic heterocycles. The van der Waals surface area contributed by atoms with E-state index in [1.807, 2.05) is 12.1 Å². The number of hydrogen-bond donors (Lipinski definition) is 2. The number of nitrogens with two attached hydrogens (primary N) is 1. The lowest BCUT2D eigenvalue weighted by molar-refractivity contribution is -0.136. The lowest BCUT2D eigenvalue weighted by Gasteiger charge is -2.12. The van der Waals surface area contributed by atoms with Crippen LogP contribution in [0.5, 0.6) is 5.75 Å². The summed E-state index contributed by atoms with van der Waals surface area (Å²) in [6.07, 6.45) is 2.33. The van der Waals surface area contributed by atoms with Gasteiger partial charge in [-0.05, 0) is 36.0 Å². The summed E-state index contributed by atoms with van der Waals surface area (Å²) in [6.45, 7) is 0. The monoisotopic (exact) mass is 235 g/mol. The number of aryl methyl sites for hydroxylation is 1. The Bertz CT molecular complexity index is 443. The second-order valence-electron chi connectivity index (χ2n) is 4.46. The van der Waals surface area contributed by atoms with Crippen LogP contribution in [0, 0.1) is 0 Å². The van der Waals surface area contributed by atoms with Crippen LogP contribution in [0.1, 0.15) is 23.1 Å². The summed E-state index contributed by atoms with van der Waals surface area (Å²) in [5, 5.41) is 8.71. The molecule has 0 fully saturated rings. The number of rotatable bonds is 4. The fourth-order valence-electron chi connectivity index (χ4n) is 2.44. The van der Waals surface area contributed by atoms with E-state index in [0.717, 1.165) is 29.7 Å². The van der Waals surface area contributed by atoms with Gasteiger partial charge in [-0.2, -0.15) is 0 Å². The summed E-state index contributed by atoms with van der Waals surface area (Å²) < 4.78 is 5.42. The van der Waals surface area contributed by atoms with Crippen molar-refractivity contribution in [3.63, 3.8) is 0 Å². The number of carboxylic acid groups (broad SMARTS) is 1. The smallest absolute Gasteiger partial charge is 0.303 e. The molecule has 0 aliphatic heterocycles. The molecule has 0 heterocycles. The van der Waals surface area contributed by atoms with E-state index in [9.17, 15) is 4.79 Å². The molecule has 1 unspecified atom stereocenters. The van der Waals surface area contributed by atoms with E-state index in [-0.39, 0.29) is 12.5 Å². The van der Waals surface area contributed by atoms with Crippen LogP contribution in [0.3, 0.4) is 0 Å². The van der Waals surface area contributed by atoms with Crippen LogP contribution < -0.4 is 10.5 Å². The van der Waals surface area contributed by atoms with Crippen LogP contribution in [-0.2, 0) is 24.1 Å². The van der Waals surface area contributed by atoms with Gasteiger partial charge in [0.25, 0.3) is 0 Å². The second kappa shape index (κ2) is 4.75. The highest BCUT2D eigenvalue weighted by Crippen LogP contribution is 2.33. The number of carboxylic acids is 1. The number of benzene rings is 1. The Kier molecular flexibility index (Phi) is 3.33. The molecule has 0 saturated heterocycles. The van der Waals surface area contributed by atoms with Gasteiger partial charge in [-0.15, -0.1) is 0 Å². The van der Waals surface area contributed by atoms with Gasteiger partial charge in [0.15, 0.2) is 0 Å². The number of methoxy groups -OCH3 is 1. The average molecular weight is 235 g/mol. The minimum Gasteiger partial charge on any atom is -0.496 e. The van der Waals surface area contributed by atoms with Crippen molar-refractivity contribution in [1.29, 1.82) is 0 Å². The molecule has 0 spiro atoms. The topological polar surface area (TPSA) is 72.5 Å². The third kappa shape index (κ3) is 2.42. The lowest BCUT2D eigenvalue weighted by atomic mass is 10.0. The van der Waals surface area contributed by atoms with Gasteiger partial charge in [0.1, 0.15) is 5.75 Å². The molecule has 1 aromatic rings. The predicted molar refractivity (Wildman–Crippen MR) is 64.3 cm³/mol. The molecule has 1 atom stereocenters. The van der Waals surface area contributed by atoms with Crippen LogP contribution in [0.2, 0.25) is 0 Å². The summed E-state index contributed by atoms with van der Waals surface area (Å²) in [5.41, 5.74) is 9.28. The molecule has 92 valence electrons. The SMILES string of the molecule is COc1c(CCC(=O)O)ccc2c1CC(N)C2. The molecular formula is C13H17NO3. The van der Waals surface area contributed by atoms with Crippen LogP contribution in [-0.4, -0.2) is 24.2 Å². The first-order valence-electron chi connectivity index (χ1n) is 5.76. The molecule has 17 heavy (non-hydrogen) atoms. The Balaban J connectivity index is 2.29. The van der Waals surface area contributed by atoms with E-state index >= 15 is 0 Å². The minimum atomic E-state index is -0.788. The van der Waals surface area contributed by atoms with E-state index in [0.29, 0.717) is 6.42 Å². The van der Waals surface area contributed by atoms with Crippen LogP contribution in [0.4, 0.5) is 0 Å². The Morgan fingerprint density at radius 3 is 2.94 bits per heavy atom. The fraction of sp³-hybridized carbons (Fsp3) is 0.462. The van der Waals surface area contributed by atoms with E-state index in [2.05, 4.69) is 0 Å². The highest BCUT2D eigenvalue weighted by Gasteiger charge is 2.23. The molecule has 1 aromatic carbocycles. The molecule has 0 radical (unpaired) electrons. The summed E-state index contributed by atoms with van der Waals surface area (Å²) in [4.78, 5) is 10.6. The van der Waals surface area contributed by atoms with Crippen molar-refractivity contribution in [3.05, 3.63) is 28.8 Å². The van der Waals surface area contributed by atoms with Crippen molar-refractivity contribution in [3.8, 4) is 5.75 Å². The number of hydrogen-bond acceptors (Lipinski definition) is 3. The van der Waals surface area contributed by atoms with Crippen molar-refractivity contribution < 1.29 is 14.6 Å². The Hall–Kier alpha value is -1.55. The van der Waals surface area contributed by atoms with Gasteiger partial charge in [0.05, 0.1) is 7.11 Å². The number of carbonyl (C=O) groups is 1. The number of ether oxygens (including phenoxy) is 1. The minimum absolute atomic E-state index is 0.126. The highest BCUT2D eigenvalue weighted by molar-refractivity contribution is 5.67. The van der Waals surface area contributed by atoms with Crippen molar-refractivity contribution in [2.45, 2.75) is 31.7 Å². The van der Waals surface area contributed by atoms with Crippen LogP contribution in [0.15, 0.2) is 12.1 Å². The van der Waals surface area contributed by atoms with Crippen LogP contribution in [0.25, 0.3) is 0 Å². The number of aliphatic carboxylic acids is 1. The molecular weight excluding hydrogens is 218 g/mol. The van der Waals surface area contributed by atoms with Crippen molar-refractivity contribution in [2.75, 3.05) is 7.11 Å². The maximum atomic E-state index is 10.6. The van der Waals surface area contributed by atoms with E-state index in [1.165, 1.54) is 5.56 Å². The van der Waals surface area contributed by atoms with Gasteiger partial charge in [-0.3, -0.25) is 4.79 Å².